The summed E-state index contributed by atoms with van der Waals surface area (Å²) in [6, 6.07) is 1.82. The van der Waals surface area contributed by atoms with Gasteiger partial charge in [0.2, 0.25) is 0 Å². The molecule has 1 aromatic rings. The number of halogens is 2. The molecule has 0 N–H and O–H groups in total. The molecular formula is C13H14Cl2O2. The maximum absolute atomic E-state index is 12.3. The fraction of sp³-hybridized carbons (Fsp3) is 0.462. The Bertz CT molecular complexity index is 497. The van der Waals surface area contributed by atoms with Gasteiger partial charge in [-0.15, -0.1) is 0 Å². The monoisotopic (exact) mass is 272 g/mol. The number of hydrogen-bond acceptors (Lipinski definition) is 2. The number of methoxy groups -OCH3 is 1. The van der Waals surface area contributed by atoms with Crippen LogP contribution >= 0.6 is 23.2 Å². The number of carbonyl (C=O) groups is 1. The Morgan fingerprint density at radius 3 is 2.59 bits per heavy atom. The Morgan fingerprint density at radius 2 is 2.06 bits per heavy atom. The van der Waals surface area contributed by atoms with Crippen LogP contribution in [0.15, 0.2) is 6.07 Å². The predicted octanol–water partition coefficient (Wildman–Crippen LogP) is 4.16. The van der Waals surface area contributed by atoms with Crippen molar-refractivity contribution in [2.75, 3.05) is 7.11 Å². The van der Waals surface area contributed by atoms with Crippen LogP contribution in [0.4, 0.5) is 0 Å². The first-order valence-electron chi connectivity index (χ1n) is 5.54. The standard InChI is InChI=1S/C13H14Cl2O2/c1-4-13(2)6-7-5-8(17-3)10(14)11(15)9(7)12(13)16/h5H,4,6H2,1-3H3/t13-/m0/s1. The lowest BCUT2D eigenvalue weighted by atomic mass is 9.83. The van der Waals surface area contributed by atoms with Crippen LogP contribution in [-0.4, -0.2) is 12.9 Å². The molecule has 1 aliphatic carbocycles. The molecule has 17 heavy (non-hydrogen) atoms. The topological polar surface area (TPSA) is 26.3 Å². The average molecular weight is 273 g/mol. The van der Waals surface area contributed by atoms with Gasteiger partial charge in [0.25, 0.3) is 0 Å². The summed E-state index contributed by atoms with van der Waals surface area (Å²) in [6.45, 7) is 3.97. The van der Waals surface area contributed by atoms with Gasteiger partial charge in [-0.2, -0.15) is 0 Å². The van der Waals surface area contributed by atoms with Crippen molar-refractivity contribution in [3.05, 3.63) is 27.2 Å². The number of ketones is 1. The molecule has 0 fully saturated rings. The fourth-order valence-corrected chi connectivity index (χ4v) is 2.80. The lowest BCUT2D eigenvalue weighted by molar-refractivity contribution is 0.0837. The molecule has 1 aromatic carbocycles. The minimum Gasteiger partial charge on any atom is -0.495 e. The van der Waals surface area contributed by atoms with E-state index < -0.39 is 0 Å². The molecule has 0 spiro atoms. The zero-order chi connectivity index (χ0) is 12.8. The van der Waals surface area contributed by atoms with Gasteiger partial charge in [-0.25, -0.2) is 0 Å². The highest BCUT2D eigenvalue weighted by Gasteiger charge is 2.42. The second kappa shape index (κ2) is 4.18. The Labute approximate surface area is 111 Å². The van der Waals surface area contributed by atoms with Crippen molar-refractivity contribution >= 4 is 29.0 Å². The second-order valence-electron chi connectivity index (χ2n) is 4.66. The molecule has 0 bridgehead atoms. The third-order valence-corrected chi connectivity index (χ3v) is 4.46. The quantitative estimate of drug-likeness (QED) is 0.808. The van der Waals surface area contributed by atoms with Gasteiger partial charge in [0.05, 0.1) is 12.1 Å². The largest absolute Gasteiger partial charge is 0.495 e. The first-order chi connectivity index (χ1) is 7.94. The predicted molar refractivity (Wildman–Crippen MR) is 69.4 cm³/mol. The van der Waals surface area contributed by atoms with Gasteiger partial charge < -0.3 is 4.74 Å². The molecule has 0 heterocycles. The Morgan fingerprint density at radius 1 is 1.41 bits per heavy atom. The summed E-state index contributed by atoms with van der Waals surface area (Å²) in [7, 11) is 1.54. The number of Topliss-reactive ketones (excluding diaryl/α,β-unsaturated/α-hetero) is 1. The highest BCUT2D eigenvalue weighted by atomic mass is 35.5. The average Bonchev–Trinajstić information content (AvgIpc) is 2.57. The van der Waals surface area contributed by atoms with E-state index in [1.165, 1.54) is 0 Å². The molecule has 0 radical (unpaired) electrons. The summed E-state index contributed by atoms with van der Waals surface area (Å²) in [5.74, 6) is 0.619. The van der Waals surface area contributed by atoms with E-state index in [1.807, 2.05) is 19.9 Å². The Balaban J connectivity index is 2.64. The van der Waals surface area contributed by atoms with E-state index in [0.717, 1.165) is 12.0 Å². The van der Waals surface area contributed by atoms with E-state index >= 15 is 0 Å². The fourth-order valence-electron chi connectivity index (χ4n) is 2.27. The molecular weight excluding hydrogens is 259 g/mol. The molecule has 4 heteroatoms. The summed E-state index contributed by atoms with van der Waals surface area (Å²) in [6.07, 6.45) is 1.49. The van der Waals surface area contributed by atoms with Crippen molar-refractivity contribution in [2.45, 2.75) is 26.7 Å². The van der Waals surface area contributed by atoms with Gasteiger partial charge in [0.1, 0.15) is 10.8 Å². The summed E-state index contributed by atoms with van der Waals surface area (Å²) in [5, 5.41) is 0.643. The van der Waals surface area contributed by atoms with E-state index in [4.69, 9.17) is 27.9 Å². The lowest BCUT2D eigenvalue weighted by Crippen LogP contribution is -2.22. The van der Waals surface area contributed by atoms with Crippen molar-refractivity contribution in [1.82, 2.24) is 0 Å². The molecule has 1 aliphatic rings. The number of rotatable bonds is 2. The molecule has 0 amide bonds. The first kappa shape index (κ1) is 12.7. The molecule has 0 aliphatic heterocycles. The SMILES string of the molecule is CC[C@@]1(C)Cc2cc(OC)c(Cl)c(Cl)c2C1=O. The molecule has 92 valence electrons. The summed E-state index contributed by atoms with van der Waals surface area (Å²) in [5.41, 5.74) is 1.15. The van der Waals surface area contributed by atoms with E-state index in [2.05, 4.69) is 0 Å². The van der Waals surface area contributed by atoms with Crippen molar-refractivity contribution in [2.24, 2.45) is 5.41 Å². The molecule has 0 aromatic heterocycles. The van der Waals surface area contributed by atoms with Gasteiger partial charge in [0.15, 0.2) is 5.78 Å². The van der Waals surface area contributed by atoms with Crippen LogP contribution in [0.25, 0.3) is 0 Å². The molecule has 2 rings (SSSR count). The maximum Gasteiger partial charge on any atom is 0.170 e. The van der Waals surface area contributed by atoms with Crippen LogP contribution in [0.5, 0.6) is 5.75 Å². The zero-order valence-electron chi connectivity index (χ0n) is 10.1. The normalized spacial score (nSPS) is 22.8. The van der Waals surface area contributed by atoms with Gasteiger partial charge in [-0.1, -0.05) is 37.0 Å². The van der Waals surface area contributed by atoms with Gasteiger partial charge >= 0.3 is 0 Å². The summed E-state index contributed by atoms with van der Waals surface area (Å²) >= 11 is 12.2. The zero-order valence-corrected chi connectivity index (χ0v) is 11.6. The molecule has 0 saturated carbocycles. The summed E-state index contributed by atoms with van der Waals surface area (Å²) < 4.78 is 5.16. The van der Waals surface area contributed by atoms with Gasteiger partial charge in [0, 0.05) is 11.0 Å². The van der Waals surface area contributed by atoms with E-state index in [0.29, 0.717) is 27.8 Å². The number of ether oxygens (including phenoxy) is 1. The van der Waals surface area contributed by atoms with Crippen LogP contribution in [0.2, 0.25) is 10.0 Å². The smallest absolute Gasteiger partial charge is 0.170 e. The minimum absolute atomic E-state index is 0.0875. The molecule has 1 atom stereocenters. The van der Waals surface area contributed by atoms with Crippen LogP contribution in [0.1, 0.15) is 36.2 Å². The van der Waals surface area contributed by atoms with Crippen molar-refractivity contribution in [1.29, 1.82) is 0 Å². The second-order valence-corrected chi connectivity index (χ2v) is 5.42. The number of benzene rings is 1. The van der Waals surface area contributed by atoms with Gasteiger partial charge in [-0.3, -0.25) is 4.79 Å². The van der Waals surface area contributed by atoms with E-state index in [9.17, 15) is 4.79 Å². The van der Waals surface area contributed by atoms with Crippen LogP contribution in [0, 0.1) is 5.41 Å². The van der Waals surface area contributed by atoms with Crippen LogP contribution in [-0.2, 0) is 6.42 Å². The van der Waals surface area contributed by atoms with E-state index in [-0.39, 0.29) is 11.2 Å². The maximum atomic E-state index is 12.3. The first-order valence-corrected chi connectivity index (χ1v) is 6.30. The van der Waals surface area contributed by atoms with Crippen molar-refractivity contribution in [3.8, 4) is 5.75 Å². The number of fused-ring (bicyclic) bond motifs is 1. The number of hydrogen-bond donors (Lipinski definition) is 0. The lowest BCUT2D eigenvalue weighted by Gasteiger charge is -2.18. The van der Waals surface area contributed by atoms with Crippen molar-refractivity contribution in [3.63, 3.8) is 0 Å². The Kier molecular flexibility index (Phi) is 3.13. The highest BCUT2D eigenvalue weighted by molar-refractivity contribution is 6.45. The molecule has 0 unspecified atom stereocenters. The van der Waals surface area contributed by atoms with E-state index in [1.54, 1.807) is 7.11 Å². The van der Waals surface area contributed by atoms with Crippen LogP contribution < -0.4 is 4.74 Å². The summed E-state index contributed by atoms with van der Waals surface area (Å²) in [4.78, 5) is 12.3. The third-order valence-electron chi connectivity index (χ3n) is 3.61. The highest BCUT2D eigenvalue weighted by Crippen LogP contribution is 2.47. The van der Waals surface area contributed by atoms with Crippen LogP contribution in [0.3, 0.4) is 0 Å². The molecule has 0 saturated heterocycles. The number of carbonyl (C=O) groups excluding carboxylic acids is 1. The minimum atomic E-state index is -0.359. The Hall–Kier alpha value is -0.730. The third kappa shape index (κ3) is 1.74. The van der Waals surface area contributed by atoms with Crippen molar-refractivity contribution < 1.29 is 9.53 Å². The van der Waals surface area contributed by atoms with Gasteiger partial charge in [-0.05, 0) is 24.5 Å². The molecule has 2 nitrogen and oxygen atoms in total.